The van der Waals surface area contributed by atoms with Crippen molar-refractivity contribution >= 4 is 28.2 Å². The topological polar surface area (TPSA) is 82.5 Å². The Bertz CT molecular complexity index is 456. The van der Waals surface area contributed by atoms with Crippen LogP contribution in [0.15, 0.2) is 0 Å². The number of nitrogens with one attached hydrogen (secondary N) is 1. The molecule has 1 unspecified atom stereocenters. The van der Waals surface area contributed by atoms with Gasteiger partial charge in [0.15, 0.2) is 16.6 Å². The van der Waals surface area contributed by atoms with Gasteiger partial charge in [-0.1, -0.05) is 18.3 Å². The lowest BCUT2D eigenvalue weighted by Gasteiger charge is -2.23. The molecule has 7 heteroatoms. The van der Waals surface area contributed by atoms with Crippen LogP contribution in [0.4, 0.5) is 5.13 Å². The SMILES string of the molecule is CCC(C)N(C)CCNc1nc(C(=O)O)c(C(C)=O)s1. The Hall–Kier alpha value is -1.47. The number of carboxylic acids is 1. The molecule has 20 heavy (non-hydrogen) atoms. The molecule has 0 aliphatic heterocycles. The summed E-state index contributed by atoms with van der Waals surface area (Å²) in [5, 5.41) is 12.6. The molecule has 112 valence electrons. The number of nitrogens with zero attached hydrogens (tertiary/aromatic N) is 2. The maximum atomic E-state index is 11.4. The summed E-state index contributed by atoms with van der Waals surface area (Å²) in [6, 6.07) is 0.496. The van der Waals surface area contributed by atoms with Crippen LogP contribution in [0.5, 0.6) is 0 Å². The van der Waals surface area contributed by atoms with E-state index in [0.717, 1.165) is 24.3 Å². The van der Waals surface area contributed by atoms with Gasteiger partial charge < -0.3 is 15.3 Å². The van der Waals surface area contributed by atoms with Gasteiger partial charge in [-0.15, -0.1) is 0 Å². The molecular formula is C13H21N3O3S. The molecule has 0 spiro atoms. The minimum absolute atomic E-state index is 0.166. The van der Waals surface area contributed by atoms with E-state index < -0.39 is 5.97 Å². The summed E-state index contributed by atoms with van der Waals surface area (Å²) in [5.74, 6) is -1.44. The Morgan fingerprint density at radius 3 is 2.60 bits per heavy atom. The fourth-order valence-electron chi connectivity index (χ4n) is 1.65. The fourth-order valence-corrected chi connectivity index (χ4v) is 2.53. The van der Waals surface area contributed by atoms with E-state index in [1.54, 1.807) is 0 Å². The zero-order chi connectivity index (χ0) is 15.3. The molecule has 0 aromatic carbocycles. The Morgan fingerprint density at radius 1 is 1.50 bits per heavy atom. The van der Waals surface area contributed by atoms with E-state index in [4.69, 9.17) is 5.11 Å². The fraction of sp³-hybridized carbons (Fsp3) is 0.615. The lowest BCUT2D eigenvalue weighted by Crippen LogP contribution is -2.32. The molecule has 0 saturated heterocycles. The average Bonchev–Trinajstić information content (AvgIpc) is 2.82. The van der Waals surface area contributed by atoms with Gasteiger partial charge >= 0.3 is 5.97 Å². The van der Waals surface area contributed by atoms with Gasteiger partial charge in [0, 0.05) is 26.1 Å². The zero-order valence-corrected chi connectivity index (χ0v) is 13.1. The molecule has 1 aromatic rings. The normalized spacial score (nSPS) is 12.4. The van der Waals surface area contributed by atoms with Crippen molar-refractivity contribution in [3.05, 3.63) is 10.6 Å². The summed E-state index contributed by atoms with van der Waals surface area (Å²) in [5.41, 5.74) is -0.166. The molecule has 1 heterocycles. The largest absolute Gasteiger partial charge is 0.476 e. The Morgan fingerprint density at radius 2 is 2.15 bits per heavy atom. The van der Waals surface area contributed by atoms with E-state index in [1.807, 2.05) is 7.05 Å². The smallest absolute Gasteiger partial charge is 0.356 e. The van der Waals surface area contributed by atoms with Crippen LogP contribution >= 0.6 is 11.3 Å². The van der Waals surface area contributed by atoms with Crippen molar-refractivity contribution in [3.8, 4) is 0 Å². The number of rotatable bonds is 8. The maximum Gasteiger partial charge on any atom is 0.356 e. The first-order chi connectivity index (χ1) is 9.36. The third kappa shape index (κ3) is 4.28. The van der Waals surface area contributed by atoms with E-state index >= 15 is 0 Å². The Balaban J connectivity index is 2.63. The molecule has 1 rings (SSSR count). The number of anilines is 1. The molecule has 2 N–H and O–H groups in total. The highest BCUT2D eigenvalue weighted by atomic mass is 32.1. The summed E-state index contributed by atoms with van der Waals surface area (Å²) in [6.07, 6.45) is 1.07. The number of hydrogen-bond donors (Lipinski definition) is 2. The van der Waals surface area contributed by atoms with Crippen LogP contribution < -0.4 is 5.32 Å². The van der Waals surface area contributed by atoms with Gasteiger partial charge in [-0.3, -0.25) is 4.79 Å². The van der Waals surface area contributed by atoms with E-state index in [2.05, 4.69) is 29.0 Å². The van der Waals surface area contributed by atoms with Gasteiger partial charge in [0.1, 0.15) is 4.88 Å². The number of thiazole rings is 1. The number of hydrogen-bond acceptors (Lipinski definition) is 6. The van der Waals surface area contributed by atoms with E-state index in [1.165, 1.54) is 6.92 Å². The highest BCUT2D eigenvalue weighted by Gasteiger charge is 2.20. The quantitative estimate of drug-likeness (QED) is 0.716. The number of carbonyl (C=O) groups is 2. The minimum Gasteiger partial charge on any atom is -0.476 e. The summed E-state index contributed by atoms with van der Waals surface area (Å²) in [6.45, 7) is 7.12. The molecule has 1 atom stereocenters. The first-order valence-corrected chi connectivity index (χ1v) is 7.37. The molecule has 0 aliphatic rings. The third-order valence-electron chi connectivity index (χ3n) is 3.23. The molecule has 0 aliphatic carbocycles. The van der Waals surface area contributed by atoms with E-state index in [0.29, 0.717) is 17.7 Å². The van der Waals surface area contributed by atoms with Gasteiger partial charge in [-0.2, -0.15) is 0 Å². The summed E-state index contributed by atoms with van der Waals surface area (Å²) >= 11 is 1.09. The van der Waals surface area contributed by atoms with E-state index in [-0.39, 0.29) is 16.4 Å². The number of aromatic carboxylic acids is 1. The summed E-state index contributed by atoms with van der Waals surface area (Å²) < 4.78 is 0. The molecule has 0 amide bonds. The molecule has 1 aromatic heterocycles. The molecule has 0 fully saturated rings. The van der Waals surface area contributed by atoms with Gasteiger partial charge in [-0.05, 0) is 20.4 Å². The number of Topliss-reactive ketones (excluding diaryl/α,β-unsaturated/α-hetero) is 1. The molecule has 6 nitrogen and oxygen atoms in total. The summed E-state index contributed by atoms with van der Waals surface area (Å²) in [7, 11) is 2.04. The van der Waals surface area contributed by atoms with Crippen molar-refractivity contribution in [3.63, 3.8) is 0 Å². The van der Waals surface area contributed by atoms with Crippen LogP contribution in [0.2, 0.25) is 0 Å². The minimum atomic E-state index is -1.17. The van der Waals surface area contributed by atoms with Crippen molar-refractivity contribution in [2.75, 3.05) is 25.5 Å². The first-order valence-electron chi connectivity index (χ1n) is 6.56. The van der Waals surface area contributed by atoms with E-state index in [9.17, 15) is 9.59 Å². The van der Waals surface area contributed by atoms with Crippen LogP contribution in [0.1, 0.15) is 47.4 Å². The zero-order valence-electron chi connectivity index (χ0n) is 12.3. The van der Waals surface area contributed by atoms with Crippen molar-refractivity contribution in [2.45, 2.75) is 33.2 Å². The number of carbonyl (C=O) groups excluding carboxylic acids is 1. The van der Waals surface area contributed by atoms with Crippen molar-refractivity contribution in [1.29, 1.82) is 0 Å². The van der Waals surface area contributed by atoms with Crippen molar-refractivity contribution in [2.24, 2.45) is 0 Å². The number of ketones is 1. The second-order valence-corrected chi connectivity index (χ2v) is 5.72. The first kappa shape index (κ1) is 16.6. The average molecular weight is 299 g/mol. The maximum absolute atomic E-state index is 11.4. The lowest BCUT2D eigenvalue weighted by atomic mass is 10.2. The van der Waals surface area contributed by atoms with Crippen LogP contribution in [0.3, 0.4) is 0 Å². The third-order valence-corrected chi connectivity index (χ3v) is 4.35. The van der Waals surface area contributed by atoms with Crippen LogP contribution in [-0.2, 0) is 0 Å². The van der Waals surface area contributed by atoms with Gasteiger partial charge in [0.2, 0.25) is 0 Å². The van der Waals surface area contributed by atoms with Gasteiger partial charge in [0.25, 0.3) is 0 Å². The predicted molar refractivity (Wildman–Crippen MR) is 80.0 cm³/mol. The molecule has 0 bridgehead atoms. The Kier molecular flexibility index (Phi) is 6.09. The summed E-state index contributed by atoms with van der Waals surface area (Å²) in [4.78, 5) is 28.7. The monoisotopic (exact) mass is 299 g/mol. The second kappa shape index (κ2) is 7.35. The molecule has 0 radical (unpaired) electrons. The van der Waals surface area contributed by atoms with Crippen molar-refractivity contribution < 1.29 is 14.7 Å². The highest BCUT2D eigenvalue weighted by molar-refractivity contribution is 7.17. The Labute approximate surface area is 122 Å². The van der Waals surface area contributed by atoms with Crippen LogP contribution in [0.25, 0.3) is 0 Å². The molecule has 0 saturated carbocycles. The van der Waals surface area contributed by atoms with Crippen molar-refractivity contribution in [1.82, 2.24) is 9.88 Å². The second-order valence-electron chi connectivity index (χ2n) is 4.72. The number of likely N-dealkylation sites (N-methyl/N-ethyl adjacent to an activating group) is 1. The molecular weight excluding hydrogens is 278 g/mol. The lowest BCUT2D eigenvalue weighted by molar-refractivity contribution is 0.0687. The van der Waals surface area contributed by atoms with Gasteiger partial charge in [-0.25, -0.2) is 9.78 Å². The van der Waals surface area contributed by atoms with Crippen LogP contribution in [-0.4, -0.2) is 52.9 Å². The van der Waals surface area contributed by atoms with Crippen LogP contribution in [0, 0.1) is 0 Å². The predicted octanol–water partition coefficient (Wildman–Crippen LogP) is 2.19. The highest BCUT2D eigenvalue weighted by Crippen LogP contribution is 2.23. The van der Waals surface area contributed by atoms with Gasteiger partial charge in [0.05, 0.1) is 0 Å². The number of aromatic nitrogens is 1. The standard InChI is InChI=1S/C13H21N3O3S/c1-5-8(2)16(4)7-6-14-13-15-10(12(18)19)11(20-13)9(3)17/h8H,5-7H2,1-4H3,(H,14,15)(H,18,19). The number of carboxylic acid groups (broad SMARTS) is 1.